The summed E-state index contributed by atoms with van der Waals surface area (Å²) in [6.45, 7) is 10.1. The van der Waals surface area contributed by atoms with Crippen LogP contribution in [0, 0.1) is 0 Å². The molecule has 2 N–H and O–H groups in total. The minimum absolute atomic E-state index is 0.0594. The van der Waals surface area contributed by atoms with E-state index in [4.69, 9.17) is 0 Å². The summed E-state index contributed by atoms with van der Waals surface area (Å²) in [5.41, 5.74) is 2.05. The highest BCUT2D eigenvalue weighted by Crippen LogP contribution is 2.17. The van der Waals surface area contributed by atoms with Crippen molar-refractivity contribution in [3.63, 3.8) is 0 Å². The molecule has 0 aliphatic carbocycles. The third kappa shape index (κ3) is 5.61. The Labute approximate surface area is 122 Å². The van der Waals surface area contributed by atoms with Crippen molar-refractivity contribution >= 4 is 17.3 Å². The molecule has 0 radical (unpaired) electrons. The molecule has 0 aliphatic heterocycles. The second-order valence-corrected chi connectivity index (χ2v) is 4.77. The van der Waals surface area contributed by atoms with Crippen LogP contribution in [-0.4, -0.2) is 32.1 Å². The number of hydrogen-bond acceptors (Lipinski definition) is 3. The standard InChI is InChI=1S/C16H27N3O/c1-4-12-17-13-11-16(20)18-14-7-9-15(10-8-14)19(5-2)6-3/h7-10,17H,4-6,11-13H2,1-3H3,(H,18,20). The zero-order valence-electron chi connectivity index (χ0n) is 12.9. The zero-order chi connectivity index (χ0) is 14.8. The highest BCUT2D eigenvalue weighted by Gasteiger charge is 2.04. The van der Waals surface area contributed by atoms with Crippen LogP contribution in [0.15, 0.2) is 24.3 Å². The van der Waals surface area contributed by atoms with Crippen molar-refractivity contribution in [3.05, 3.63) is 24.3 Å². The number of carbonyl (C=O) groups is 1. The molecule has 0 bridgehead atoms. The van der Waals surface area contributed by atoms with Crippen molar-refractivity contribution in [2.45, 2.75) is 33.6 Å². The van der Waals surface area contributed by atoms with Gasteiger partial charge in [0.2, 0.25) is 5.91 Å². The van der Waals surface area contributed by atoms with Gasteiger partial charge in [0, 0.05) is 37.4 Å². The molecule has 4 heteroatoms. The van der Waals surface area contributed by atoms with Crippen molar-refractivity contribution in [3.8, 4) is 0 Å². The third-order valence-corrected chi connectivity index (χ3v) is 3.24. The summed E-state index contributed by atoms with van der Waals surface area (Å²) in [6, 6.07) is 8.03. The number of nitrogens with zero attached hydrogens (tertiary/aromatic N) is 1. The topological polar surface area (TPSA) is 44.4 Å². The number of amides is 1. The van der Waals surface area contributed by atoms with Crippen LogP contribution in [-0.2, 0) is 4.79 Å². The number of anilines is 2. The fourth-order valence-electron chi connectivity index (χ4n) is 2.07. The molecular formula is C16H27N3O. The molecule has 20 heavy (non-hydrogen) atoms. The summed E-state index contributed by atoms with van der Waals surface area (Å²) in [6.07, 6.45) is 1.60. The molecule has 0 spiro atoms. The van der Waals surface area contributed by atoms with E-state index in [1.54, 1.807) is 0 Å². The van der Waals surface area contributed by atoms with Gasteiger partial charge in [0.1, 0.15) is 0 Å². The molecule has 4 nitrogen and oxygen atoms in total. The highest BCUT2D eigenvalue weighted by molar-refractivity contribution is 5.91. The maximum Gasteiger partial charge on any atom is 0.225 e. The maximum absolute atomic E-state index is 11.7. The molecule has 0 saturated carbocycles. The van der Waals surface area contributed by atoms with Gasteiger partial charge in [-0.2, -0.15) is 0 Å². The fraction of sp³-hybridized carbons (Fsp3) is 0.562. The summed E-state index contributed by atoms with van der Waals surface area (Å²) in [7, 11) is 0. The molecule has 0 aliphatic rings. The Balaban J connectivity index is 2.42. The number of carbonyl (C=O) groups excluding carboxylic acids is 1. The van der Waals surface area contributed by atoms with Crippen molar-refractivity contribution in [2.24, 2.45) is 0 Å². The van der Waals surface area contributed by atoms with Crippen molar-refractivity contribution in [2.75, 3.05) is 36.4 Å². The molecule has 0 saturated heterocycles. The molecule has 0 heterocycles. The zero-order valence-corrected chi connectivity index (χ0v) is 12.9. The molecular weight excluding hydrogens is 250 g/mol. The molecule has 0 fully saturated rings. The van der Waals surface area contributed by atoms with E-state index in [-0.39, 0.29) is 5.91 Å². The highest BCUT2D eigenvalue weighted by atomic mass is 16.1. The predicted octanol–water partition coefficient (Wildman–Crippen LogP) is 2.86. The van der Waals surface area contributed by atoms with E-state index in [0.717, 1.165) is 38.3 Å². The summed E-state index contributed by atoms with van der Waals surface area (Å²) < 4.78 is 0. The fourth-order valence-corrected chi connectivity index (χ4v) is 2.07. The van der Waals surface area contributed by atoms with Gasteiger partial charge in [-0.1, -0.05) is 6.92 Å². The van der Waals surface area contributed by atoms with E-state index in [1.165, 1.54) is 5.69 Å². The van der Waals surface area contributed by atoms with E-state index < -0.39 is 0 Å². The first-order chi connectivity index (χ1) is 9.71. The van der Waals surface area contributed by atoms with Gasteiger partial charge < -0.3 is 15.5 Å². The van der Waals surface area contributed by atoms with Crippen LogP contribution >= 0.6 is 0 Å². The number of nitrogens with one attached hydrogen (secondary N) is 2. The van der Waals surface area contributed by atoms with Crippen LogP contribution in [0.5, 0.6) is 0 Å². The Morgan fingerprint density at radius 3 is 2.25 bits per heavy atom. The summed E-state index contributed by atoms with van der Waals surface area (Å²) in [4.78, 5) is 14.0. The lowest BCUT2D eigenvalue weighted by molar-refractivity contribution is -0.116. The summed E-state index contributed by atoms with van der Waals surface area (Å²) >= 11 is 0. The van der Waals surface area contributed by atoms with Crippen molar-refractivity contribution in [1.82, 2.24) is 5.32 Å². The van der Waals surface area contributed by atoms with Gasteiger partial charge in [0.05, 0.1) is 0 Å². The largest absolute Gasteiger partial charge is 0.372 e. The van der Waals surface area contributed by atoms with Crippen LogP contribution in [0.25, 0.3) is 0 Å². The van der Waals surface area contributed by atoms with Gasteiger partial charge in [0.15, 0.2) is 0 Å². The van der Waals surface area contributed by atoms with Crippen LogP contribution in [0.3, 0.4) is 0 Å². The lowest BCUT2D eigenvalue weighted by Crippen LogP contribution is -2.23. The Hall–Kier alpha value is -1.55. The van der Waals surface area contributed by atoms with E-state index in [1.807, 2.05) is 12.1 Å². The monoisotopic (exact) mass is 277 g/mol. The van der Waals surface area contributed by atoms with Gasteiger partial charge >= 0.3 is 0 Å². The lowest BCUT2D eigenvalue weighted by Gasteiger charge is -2.21. The SMILES string of the molecule is CCCNCCC(=O)Nc1ccc(N(CC)CC)cc1. The molecule has 112 valence electrons. The summed E-state index contributed by atoms with van der Waals surface area (Å²) in [5.74, 6) is 0.0594. The van der Waals surface area contributed by atoms with E-state index in [2.05, 4.69) is 48.4 Å². The van der Waals surface area contributed by atoms with Crippen molar-refractivity contribution < 1.29 is 4.79 Å². The predicted molar refractivity (Wildman–Crippen MR) is 86.4 cm³/mol. The van der Waals surface area contributed by atoms with Crippen LogP contribution in [0.4, 0.5) is 11.4 Å². The third-order valence-electron chi connectivity index (χ3n) is 3.24. The minimum atomic E-state index is 0.0594. The lowest BCUT2D eigenvalue weighted by atomic mass is 10.2. The van der Waals surface area contributed by atoms with E-state index >= 15 is 0 Å². The average Bonchev–Trinajstić information content (AvgIpc) is 2.47. The van der Waals surface area contributed by atoms with Gasteiger partial charge in [-0.3, -0.25) is 4.79 Å². The normalized spacial score (nSPS) is 10.3. The molecule has 1 aromatic rings. The first kappa shape index (κ1) is 16.5. The van der Waals surface area contributed by atoms with Crippen LogP contribution in [0.1, 0.15) is 33.6 Å². The maximum atomic E-state index is 11.7. The second kappa shape index (κ2) is 9.37. The molecule has 0 unspecified atom stereocenters. The summed E-state index contributed by atoms with van der Waals surface area (Å²) in [5, 5.41) is 6.15. The number of hydrogen-bond donors (Lipinski definition) is 2. The number of rotatable bonds is 9. The second-order valence-electron chi connectivity index (χ2n) is 4.77. The number of benzene rings is 1. The van der Waals surface area contributed by atoms with Gasteiger partial charge in [-0.15, -0.1) is 0 Å². The van der Waals surface area contributed by atoms with Crippen molar-refractivity contribution in [1.29, 1.82) is 0 Å². The van der Waals surface area contributed by atoms with Crippen LogP contribution < -0.4 is 15.5 Å². The Morgan fingerprint density at radius 1 is 1.05 bits per heavy atom. The molecule has 1 rings (SSSR count). The van der Waals surface area contributed by atoms with Gasteiger partial charge in [-0.05, 0) is 51.1 Å². The van der Waals surface area contributed by atoms with E-state index in [9.17, 15) is 4.79 Å². The average molecular weight is 277 g/mol. The van der Waals surface area contributed by atoms with Gasteiger partial charge in [0.25, 0.3) is 0 Å². The van der Waals surface area contributed by atoms with Gasteiger partial charge in [-0.25, -0.2) is 0 Å². The quantitative estimate of drug-likeness (QED) is 0.682. The molecule has 1 aromatic carbocycles. The molecule has 1 amide bonds. The smallest absolute Gasteiger partial charge is 0.225 e. The Kier molecular flexibility index (Phi) is 7.73. The molecule has 0 aromatic heterocycles. The Bertz CT molecular complexity index is 385. The minimum Gasteiger partial charge on any atom is -0.372 e. The molecule has 0 atom stereocenters. The first-order valence-electron chi connectivity index (χ1n) is 7.56. The first-order valence-corrected chi connectivity index (χ1v) is 7.56. The Morgan fingerprint density at radius 2 is 1.70 bits per heavy atom. The van der Waals surface area contributed by atoms with Crippen LogP contribution in [0.2, 0.25) is 0 Å². The van der Waals surface area contributed by atoms with E-state index in [0.29, 0.717) is 6.42 Å².